The summed E-state index contributed by atoms with van der Waals surface area (Å²) in [4.78, 5) is 31.7. The van der Waals surface area contributed by atoms with E-state index < -0.39 is 24.1 Å². The van der Waals surface area contributed by atoms with Crippen LogP contribution in [-0.4, -0.2) is 52.3 Å². The first-order valence-corrected chi connectivity index (χ1v) is 9.33. The van der Waals surface area contributed by atoms with Crippen molar-refractivity contribution in [2.45, 2.75) is 25.6 Å². The summed E-state index contributed by atoms with van der Waals surface area (Å²) < 4.78 is 14.5. The molecule has 0 unspecified atom stereocenters. The van der Waals surface area contributed by atoms with Crippen molar-refractivity contribution in [3.8, 4) is 0 Å². The van der Waals surface area contributed by atoms with E-state index in [0.717, 1.165) is 11.3 Å². The van der Waals surface area contributed by atoms with E-state index in [1.807, 2.05) is 0 Å². The van der Waals surface area contributed by atoms with Crippen LogP contribution in [0, 0.1) is 6.92 Å². The van der Waals surface area contributed by atoms with Crippen molar-refractivity contribution < 1.29 is 19.1 Å². The van der Waals surface area contributed by atoms with Crippen LogP contribution in [0.25, 0.3) is 0 Å². The average Bonchev–Trinajstić information content (AvgIpc) is 3.18. The molecule has 3 rings (SSSR count). The van der Waals surface area contributed by atoms with Crippen LogP contribution in [0.2, 0.25) is 10.0 Å². The Labute approximate surface area is 162 Å². The molecular formula is C15H15Cl2FN4O3S. The number of rotatable bonds is 4. The zero-order valence-electron chi connectivity index (χ0n) is 13.6. The minimum Gasteiger partial charge on any atom is -0.476 e. The summed E-state index contributed by atoms with van der Waals surface area (Å²) in [7, 11) is 0. The van der Waals surface area contributed by atoms with Gasteiger partial charge in [-0.1, -0.05) is 23.2 Å². The number of hydrogen-bond acceptors (Lipinski definition) is 5. The van der Waals surface area contributed by atoms with Crippen LogP contribution >= 0.6 is 34.5 Å². The third-order valence-electron chi connectivity index (χ3n) is 4.12. The van der Waals surface area contributed by atoms with E-state index in [9.17, 15) is 14.0 Å². The van der Waals surface area contributed by atoms with Gasteiger partial charge in [-0.25, -0.2) is 14.2 Å². The van der Waals surface area contributed by atoms with Gasteiger partial charge in [0.1, 0.15) is 11.9 Å². The number of aromatic carboxylic acids is 1. The normalized spacial score (nSPS) is 20.2. The number of carboxylic acids is 1. The molecule has 0 aliphatic carbocycles. The van der Waals surface area contributed by atoms with Gasteiger partial charge >= 0.3 is 5.97 Å². The number of amides is 1. The van der Waals surface area contributed by atoms with Crippen LogP contribution in [-0.2, 0) is 0 Å². The first-order chi connectivity index (χ1) is 12.3. The first-order valence-electron chi connectivity index (χ1n) is 7.70. The van der Waals surface area contributed by atoms with Crippen molar-refractivity contribution in [1.29, 1.82) is 0 Å². The van der Waals surface area contributed by atoms with Gasteiger partial charge < -0.3 is 20.3 Å². The van der Waals surface area contributed by atoms with Gasteiger partial charge in [0.15, 0.2) is 10.8 Å². The highest BCUT2D eigenvalue weighted by molar-refractivity contribution is 7.13. The lowest BCUT2D eigenvalue weighted by Gasteiger charge is -2.34. The van der Waals surface area contributed by atoms with Crippen LogP contribution in [0.1, 0.15) is 33.1 Å². The Morgan fingerprint density at radius 3 is 2.73 bits per heavy atom. The molecule has 2 atom stereocenters. The number of aromatic amines is 1. The minimum atomic E-state index is -1.34. The standard InChI is InChI=1S/C15H15Cl2FN4O3S/c1-6-10(16)11(17)12(19-6)13(23)20-8-2-3-22(4-7(8)18)15-21-9(5-26-15)14(24)25/h5,7-8,19H,2-4H2,1H3,(H,20,23)(H,24,25)/t7-,8+/m1/s1. The summed E-state index contributed by atoms with van der Waals surface area (Å²) in [6.45, 7) is 2.13. The molecule has 0 spiro atoms. The molecule has 1 aliphatic rings. The number of carbonyl (C=O) groups is 2. The van der Waals surface area contributed by atoms with Gasteiger partial charge in [0.05, 0.1) is 22.6 Å². The molecule has 1 fully saturated rings. The zero-order chi connectivity index (χ0) is 19.0. The summed E-state index contributed by atoms with van der Waals surface area (Å²) in [6.07, 6.45) is -0.991. The van der Waals surface area contributed by atoms with E-state index in [1.165, 1.54) is 5.38 Å². The quantitative estimate of drug-likeness (QED) is 0.705. The molecular weight excluding hydrogens is 406 g/mol. The van der Waals surface area contributed by atoms with Crippen LogP contribution in [0.5, 0.6) is 0 Å². The fraction of sp³-hybridized carbons (Fsp3) is 0.400. The maximum Gasteiger partial charge on any atom is 0.355 e. The van der Waals surface area contributed by atoms with Crippen molar-refractivity contribution in [1.82, 2.24) is 15.3 Å². The molecule has 7 nitrogen and oxygen atoms in total. The molecule has 1 saturated heterocycles. The number of alkyl halides is 1. The topological polar surface area (TPSA) is 98.3 Å². The smallest absolute Gasteiger partial charge is 0.355 e. The summed E-state index contributed by atoms with van der Waals surface area (Å²) >= 11 is 13.1. The predicted molar refractivity (Wildman–Crippen MR) is 97.6 cm³/mol. The van der Waals surface area contributed by atoms with Gasteiger partial charge in [0.25, 0.3) is 5.91 Å². The molecule has 140 valence electrons. The molecule has 26 heavy (non-hydrogen) atoms. The van der Waals surface area contributed by atoms with E-state index in [0.29, 0.717) is 23.8 Å². The Hall–Kier alpha value is -1.84. The summed E-state index contributed by atoms with van der Waals surface area (Å²) in [5.74, 6) is -1.64. The minimum absolute atomic E-state index is 0.00968. The Kier molecular flexibility index (Phi) is 5.40. The number of thiazole rings is 1. The first kappa shape index (κ1) is 18.9. The molecule has 3 heterocycles. The summed E-state index contributed by atoms with van der Waals surface area (Å²) in [5, 5.41) is 13.8. The van der Waals surface area contributed by atoms with Crippen LogP contribution in [0.4, 0.5) is 9.52 Å². The highest BCUT2D eigenvalue weighted by Crippen LogP contribution is 2.30. The van der Waals surface area contributed by atoms with Gasteiger partial charge in [-0.3, -0.25) is 4.79 Å². The lowest BCUT2D eigenvalue weighted by molar-refractivity contribution is 0.0691. The van der Waals surface area contributed by atoms with Gasteiger partial charge in [-0.15, -0.1) is 11.3 Å². The monoisotopic (exact) mass is 420 g/mol. The third-order valence-corrected chi connectivity index (χ3v) is 5.97. The second-order valence-corrected chi connectivity index (χ2v) is 7.50. The highest BCUT2D eigenvalue weighted by atomic mass is 35.5. The van der Waals surface area contributed by atoms with E-state index >= 15 is 0 Å². The van der Waals surface area contributed by atoms with E-state index in [-0.39, 0.29) is 28.0 Å². The Morgan fingerprint density at radius 2 is 2.19 bits per heavy atom. The predicted octanol–water partition coefficient (Wildman–Crippen LogP) is 3.13. The number of carbonyl (C=O) groups excluding carboxylic acids is 1. The number of nitrogens with zero attached hydrogens (tertiary/aromatic N) is 2. The maximum atomic E-state index is 14.5. The number of H-pyrrole nitrogens is 1. The lowest BCUT2D eigenvalue weighted by atomic mass is 10.0. The van der Waals surface area contributed by atoms with E-state index in [4.69, 9.17) is 28.3 Å². The summed E-state index contributed by atoms with van der Waals surface area (Å²) in [5.41, 5.74) is 0.603. The van der Waals surface area contributed by atoms with Crippen molar-refractivity contribution in [3.05, 3.63) is 32.5 Å². The van der Waals surface area contributed by atoms with Gasteiger partial charge in [-0.2, -0.15) is 0 Å². The van der Waals surface area contributed by atoms with Gasteiger partial charge in [0, 0.05) is 17.6 Å². The second-order valence-electron chi connectivity index (χ2n) is 5.90. The molecule has 1 aliphatic heterocycles. The zero-order valence-corrected chi connectivity index (χ0v) is 15.9. The largest absolute Gasteiger partial charge is 0.476 e. The third kappa shape index (κ3) is 3.65. The Morgan fingerprint density at radius 1 is 1.46 bits per heavy atom. The molecule has 0 aromatic carbocycles. The lowest BCUT2D eigenvalue weighted by Crippen LogP contribution is -2.52. The number of halogens is 3. The van der Waals surface area contributed by atoms with Gasteiger partial charge in [-0.05, 0) is 13.3 Å². The number of anilines is 1. The number of nitrogens with one attached hydrogen (secondary N) is 2. The summed E-state index contributed by atoms with van der Waals surface area (Å²) in [6, 6.07) is -0.684. The maximum absolute atomic E-state index is 14.5. The van der Waals surface area contributed by atoms with Crippen LogP contribution in [0.3, 0.4) is 0 Å². The second kappa shape index (κ2) is 7.42. The van der Waals surface area contributed by atoms with Gasteiger partial charge in [0.2, 0.25) is 0 Å². The molecule has 0 saturated carbocycles. The molecule has 2 aromatic heterocycles. The molecule has 1 amide bonds. The Balaban J connectivity index is 1.64. The van der Waals surface area contributed by atoms with Crippen molar-refractivity contribution >= 4 is 51.5 Å². The number of aromatic nitrogens is 2. The number of carboxylic acid groups (broad SMARTS) is 1. The fourth-order valence-corrected chi connectivity index (χ4v) is 3.97. The van der Waals surface area contributed by atoms with Crippen LogP contribution in [0.15, 0.2) is 5.38 Å². The number of hydrogen-bond donors (Lipinski definition) is 3. The van der Waals surface area contributed by atoms with Crippen molar-refractivity contribution in [2.75, 3.05) is 18.0 Å². The number of piperidine rings is 1. The molecule has 11 heteroatoms. The van der Waals surface area contributed by atoms with E-state index in [1.54, 1.807) is 11.8 Å². The van der Waals surface area contributed by atoms with Crippen molar-refractivity contribution in [3.63, 3.8) is 0 Å². The molecule has 3 N–H and O–H groups in total. The number of aryl methyl sites for hydroxylation is 1. The van der Waals surface area contributed by atoms with Crippen molar-refractivity contribution in [2.24, 2.45) is 0 Å². The SMILES string of the molecule is Cc1[nH]c(C(=O)N[C@H]2CCN(c3nc(C(=O)O)cs3)C[C@H]2F)c(Cl)c1Cl. The Bertz CT molecular complexity index is 856. The highest BCUT2D eigenvalue weighted by Gasteiger charge is 2.33. The molecule has 0 radical (unpaired) electrons. The average molecular weight is 421 g/mol. The fourth-order valence-electron chi connectivity index (χ4n) is 2.72. The molecule has 2 aromatic rings. The van der Waals surface area contributed by atoms with E-state index in [2.05, 4.69) is 15.3 Å². The molecule has 0 bridgehead atoms. The van der Waals surface area contributed by atoms with Crippen LogP contribution < -0.4 is 10.2 Å².